The van der Waals surface area contributed by atoms with Crippen LogP contribution in [0.3, 0.4) is 0 Å². The Kier molecular flexibility index (Phi) is 7.30. The van der Waals surface area contributed by atoms with E-state index in [1.54, 1.807) is 13.0 Å². The molecule has 2 rings (SSSR count). The summed E-state index contributed by atoms with van der Waals surface area (Å²) in [7, 11) is 0. The van der Waals surface area contributed by atoms with E-state index in [9.17, 15) is 13.6 Å². The Bertz CT molecular complexity index is 835. The van der Waals surface area contributed by atoms with Gasteiger partial charge in [-0.15, -0.1) is 0 Å². The zero-order valence-corrected chi connectivity index (χ0v) is 17.0. The van der Waals surface area contributed by atoms with Crippen LogP contribution in [-0.4, -0.2) is 24.2 Å². The maximum absolute atomic E-state index is 14.8. The zero-order chi connectivity index (χ0) is 20.9. The number of halogens is 2. The molecule has 0 fully saturated rings. The fraction of sp³-hybridized carbons (Fsp3) is 0.435. The molecule has 0 aromatic heterocycles. The van der Waals surface area contributed by atoms with Crippen molar-refractivity contribution >= 4 is 11.7 Å². The van der Waals surface area contributed by atoms with Crippen molar-refractivity contribution < 1.29 is 18.7 Å². The molecule has 2 N–H and O–H groups in total. The van der Waals surface area contributed by atoms with Gasteiger partial charge in [-0.05, 0) is 67.9 Å². The third kappa shape index (κ3) is 5.16. The number of aliphatic hydroxyl groups is 1. The minimum Gasteiger partial charge on any atom is -0.395 e. The molecule has 1 amide bonds. The van der Waals surface area contributed by atoms with E-state index in [1.807, 2.05) is 6.08 Å². The van der Waals surface area contributed by atoms with Crippen LogP contribution in [0.25, 0.3) is 5.83 Å². The van der Waals surface area contributed by atoms with E-state index in [2.05, 4.69) is 26.1 Å². The van der Waals surface area contributed by atoms with Crippen LogP contribution >= 0.6 is 0 Å². The van der Waals surface area contributed by atoms with E-state index in [-0.39, 0.29) is 29.7 Å². The Morgan fingerprint density at radius 2 is 2.07 bits per heavy atom. The van der Waals surface area contributed by atoms with Crippen LogP contribution in [0.2, 0.25) is 0 Å². The first-order valence-electron chi connectivity index (χ1n) is 9.61. The highest BCUT2D eigenvalue weighted by molar-refractivity contribution is 5.94. The molecule has 0 aliphatic heterocycles. The minimum absolute atomic E-state index is 0.0461. The Labute approximate surface area is 165 Å². The summed E-state index contributed by atoms with van der Waals surface area (Å²) in [5, 5.41) is 11.2. The van der Waals surface area contributed by atoms with E-state index in [4.69, 9.17) is 5.11 Å². The number of amides is 1. The highest BCUT2D eigenvalue weighted by atomic mass is 19.1. The van der Waals surface area contributed by atoms with Crippen molar-refractivity contribution in [3.05, 3.63) is 64.0 Å². The first kappa shape index (κ1) is 22.0. The second-order valence-corrected chi connectivity index (χ2v) is 7.94. The molecule has 0 spiro atoms. The molecule has 1 aliphatic rings. The molecule has 3 nitrogen and oxygen atoms in total. The van der Waals surface area contributed by atoms with E-state index in [0.717, 1.165) is 25.3 Å². The Hall–Kier alpha value is -2.27. The second-order valence-electron chi connectivity index (χ2n) is 7.94. The molecule has 152 valence electrons. The van der Waals surface area contributed by atoms with Crippen molar-refractivity contribution in [3.8, 4) is 0 Å². The lowest BCUT2D eigenvalue weighted by Crippen LogP contribution is -2.26. The Morgan fingerprint density at radius 1 is 1.36 bits per heavy atom. The SMILES string of the molecule is CC1=C(/C=C/C(C)=C(\F)c2ccc(C(=O)NCCO)cc2F)C(C)(C)CCC1. The summed E-state index contributed by atoms with van der Waals surface area (Å²) in [5.41, 5.74) is 2.81. The predicted molar refractivity (Wildman–Crippen MR) is 109 cm³/mol. The van der Waals surface area contributed by atoms with Crippen molar-refractivity contribution in [1.82, 2.24) is 5.32 Å². The van der Waals surface area contributed by atoms with E-state index < -0.39 is 17.6 Å². The van der Waals surface area contributed by atoms with Gasteiger partial charge in [0.2, 0.25) is 0 Å². The summed E-state index contributed by atoms with van der Waals surface area (Å²) in [6, 6.07) is 3.65. The van der Waals surface area contributed by atoms with Crippen LogP contribution in [-0.2, 0) is 0 Å². The third-order valence-corrected chi connectivity index (χ3v) is 5.25. The van der Waals surface area contributed by atoms with Gasteiger partial charge in [0.1, 0.15) is 11.6 Å². The highest BCUT2D eigenvalue weighted by Crippen LogP contribution is 2.41. The van der Waals surface area contributed by atoms with Crippen molar-refractivity contribution in [3.63, 3.8) is 0 Å². The molecule has 0 bridgehead atoms. The number of rotatable bonds is 6. The van der Waals surface area contributed by atoms with Crippen LogP contribution in [0.5, 0.6) is 0 Å². The number of aliphatic hydroxyl groups excluding tert-OH is 1. The van der Waals surface area contributed by atoms with Gasteiger partial charge in [-0.25, -0.2) is 8.78 Å². The maximum atomic E-state index is 14.8. The van der Waals surface area contributed by atoms with Crippen molar-refractivity contribution in [1.29, 1.82) is 0 Å². The number of carbonyl (C=O) groups is 1. The van der Waals surface area contributed by atoms with Gasteiger partial charge in [-0.1, -0.05) is 31.6 Å². The van der Waals surface area contributed by atoms with Crippen LogP contribution in [0.15, 0.2) is 47.1 Å². The van der Waals surface area contributed by atoms with Gasteiger partial charge in [-0.2, -0.15) is 0 Å². The van der Waals surface area contributed by atoms with E-state index in [0.29, 0.717) is 5.57 Å². The minimum atomic E-state index is -0.796. The number of allylic oxidation sites excluding steroid dienone is 5. The van der Waals surface area contributed by atoms with Gasteiger partial charge in [0.05, 0.1) is 6.61 Å². The largest absolute Gasteiger partial charge is 0.395 e. The topological polar surface area (TPSA) is 49.3 Å². The monoisotopic (exact) mass is 389 g/mol. The summed E-state index contributed by atoms with van der Waals surface area (Å²) in [5.74, 6) is -1.96. The van der Waals surface area contributed by atoms with Gasteiger partial charge >= 0.3 is 0 Å². The summed E-state index contributed by atoms with van der Waals surface area (Å²) < 4.78 is 29.2. The second kappa shape index (κ2) is 9.28. The molecule has 1 aromatic rings. The van der Waals surface area contributed by atoms with Gasteiger partial charge < -0.3 is 10.4 Å². The van der Waals surface area contributed by atoms with Crippen molar-refractivity contribution in [2.24, 2.45) is 5.41 Å². The predicted octanol–water partition coefficient (Wildman–Crippen LogP) is 5.33. The fourth-order valence-corrected chi connectivity index (χ4v) is 3.61. The van der Waals surface area contributed by atoms with Gasteiger partial charge in [0, 0.05) is 17.7 Å². The molecule has 0 saturated heterocycles. The van der Waals surface area contributed by atoms with Gasteiger partial charge in [0.15, 0.2) is 0 Å². The highest BCUT2D eigenvalue weighted by Gasteiger charge is 2.26. The molecular formula is C23H29F2NO2. The number of nitrogens with one attached hydrogen (secondary N) is 1. The smallest absolute Gasteiger partial charge is 0.251 e. The lowest BCUT2D eigenvalue weighted by atomic mass is 9.72. The van der Waals surface area contributed by atoms with Crippen molar-refractivity contribution in [2.75, 3.05) is 13.2 Å². The number of carbonyl (C=O) groups excluding carboxylic acids is 1. The normalized spacial score (nSPS) is 17.7. The Balaban J connectivity index is 2.27. The van der Waals surface area contributed by atoms with Crippen LogP contribution in [0.1, 0.15) is 62.9 Å². The zero-order valence-electron chi connectivity index (χ0n) is 17.0. The molecule has 28 heavy (non-hydrogen) atoms. The molecule has 0 radical (unpaired) electrons. The third-order valence-electron chi connectivity index (χ3n) is 5.25. The quantitative estimate of drug-likeness (QED) is 0.646. The lowest BCUT2D eigenvalue weighted by Gasteiger charge is -2.33. The van der Waals surface area contributed by atoms with Gasteiger partial charge in [0.25, 0.3) is 5.91 Å². The summed E-state index contributed by atoms with van der Waals surface area (Å²) >= 11 is 0. The first-order chi connectivity index (χ1) is 13.2. The summed E-state index contributed by atoms with van der Waals surface area (Å²) in [6.07, 6.45) is 6.93. The van der Waals surface area contributed by atoms with E-state index in [1.165, 1.54) is 23.3 Å². The Morgan fingerprint density at radius 3 is 2.68 bits per heavy atom. The summed E-state index contributed by atoms with van der Waals surface area (Å²) in [6.45, 7) is 7.96. The average molecular weight is 389 g/mol. The summed E-state index contributed by atoms with van der Waals surface area (Å²) in [4.78, 5) is 11.8. The molecular weight excluding hydrogens is 360 g/mol. The fourth-order valence-electron chi connectivity index (χ4n) is 3.61. The first-order valence-corrected chi connectivity index (χ1v) is 9.61. The molecule has 0 saturated carbocycles. The van der Waals surface area contributed by atoms with E-state index >= 15 is 0 Å². The molecule has 0 atom stereocenters. The molecule has 1 aromatic carbocycles. The van der Waals surface area contributed by atoms with Crippen LogP contribution in [0, 0.1) is 11.2 Å². The lowest BCUT2D eigenvalue weighted by molar-refractivity contribution is 0.0944. The average Bonchev–Trinajstić information content (AvgIpc) is 2.64. The molecule has 0 heterocycles. The number of hydrogen-bond donors (Lipinski definition) is 2. The molecule has 0 unspecified atom stereocenters. The maximum Gasteiger partial charge on any atom is 0.251 e. The molecule has 5 heteroatoms. The van der Waals surface area contributed by atoms with Gasteiger partial charge in [-0.3, -0.25) is 4.79 Å². The standard InChI is InChI=1S/C23H29F2NO2/c1-15-6-5-11-23(3,4)19(15)10-7-16(2)21(25)18-9-8-17(14-20(18)24)22(28)26-12-13-27/h7-10,14,27H,5-6,11-13H2,1-4H3,(H,26,28)/b10-7+,21-16-. The number of benzene rings is 1. The molecule has 1 aliphatic carbocycles. The van der Waals surface area contributed by atoms with Crippen molar-refractivity contribution in [2.45, 2.75) is 47.0 Å². The van der Waals surface area contributed by atoms with Crippen LogP contribution in [0.4, 0.5) is 8.78 Å². The number of hydrogen-bond acceptors (Lipinski definition) is 2. The van der Waals surface area contributed by atoms with Crippen LogP contribution < -0.4 is 5.32 Å².